The number of halogens is 4. The first-order valence-corrected chi connectivity index (χ1v) is 7.78. The molecule has 0 aliphatic rings. The number of aromatic hydroxyl groups is 1. The van der Waals surface area contributed by atoms with Crippen molar-refractivity contribution in [3.63, 3.8) is 0 Å². The molecule has 0 saturated heterocycles. The van der Waals surface area contributed by atoms with Gasteiger partial charge in [-0.3, -0.25) is 0 Å². The van der Waals surface area contributed by atoms with Gasteiger partial charge in [-0.25, -0.2) is 0 Å². The van der Waals surface area contributed by atoms with E-state index in [9.17, 15) is 5.11 Å². The van der Waals surface area contributed by atoms with Crippen LogP contribution in [-0.2, 0) is 0 Å². The van der Waals surface area contributed by atoms with Gasteiger partial charge in [0.2, 0.25) is 0 Å². The zero-order valence-electron chi connectivity index (χ0n) is 9.24. The summed E-state index contributed by atoms with van der Waals surface area (Å²) in [6.45, 7) is 0. The number of azo groups is 1. The van der Waals surface area contributed by atoms with E-state index in [-0.39, 0.29) is 5.75 Å². The van der Waals surface area contributed by atoms with Crippen LogP contribution in [0.5, 0.6) is 5.75 Å². The zero-order valence-corrected chi connectivity index (χ0v) is 14.8. The molecule has 2 aromatic carbocycles. The summed E-state index contributed by atoms with van der Waals surface area (Å²) in [5.41, 5.74) is 0.962. The van der Waals surface area contributed by atoms with Gasteiger partial charge in [-0.15, -0.1) is 5.11 Å². The van der Waals surface area contributed by atoms with Crippen molar-refractivity contribution in [1.82, 2.24) is 0 Å². The third kappa shape index (κ3) is 3.78. The fourth-order valence-corrected chi connectivity index (χ4v) is 2.91. The lowest BCUT2D eigenvalue weighted by atomic mass is 10.3. The van der Waals surface area contributed by atoms with Gasteiger partial charge in [0.15, 0.2) is 5.75 Å². The summed E-state index contributed by atoms with van der Waals surface area (Å²) in [5, 5.41) is 18.4. The molecule has 2 rings (SSSR count). The smallest absolute Gasteiger partial charge is 0.157 e. The van der Waals surface area contributed by atoms with Gasteiger partial charge in [0.05, 0.1) is 15.2 Å². The first-order valence-electron chi connectivity index (χ1n) is 5.02. The molecule has 0 atom stereocenters. The fraction of sp³-hybridized carbons (Fsp3) is 0. The Morgan fingerprint density at radius 3 is 2.37 bits per heavy atom. The molecular formula is C12H6Br3ClN2O. The van der Waals surface area contributed by atoms with Crippen molar-refractivity contribution < 1.29 is 5.11 Å². The molecule has 0 fully saturated rings. The molecule has 0 heterocycles. The monoisotopic (exact) mass is 466 g/mol. The predicted molar refractivity (Wildman–Crippen MR) is 86.8 cm³/mol. The van der Waals surface area contributed by atoms with Gasteiger partial charge in [-0.1, -0.05) is 27.5 Å². The second-order valence-corrected chi connectivity index (χ2v) is 6.59. The number of rotatable bonds is 2. The number of phenols is 1. The van der Waals surface area contributed by atoms with Gasteiger partial charge in [-0.2, -0.15) is 5.11 Å². The van der Waals surface area contributed by atoms with E-state index in [2.05, 4.69) is 58.0 Å². The summed E-state index contributed by atoms with van der Waals surface area (Å²) < 4.78 is 2.13. The quantitative estimate of drug-likeness (QED) is 0.486. The van der Waals surface area contributed by atoms with Crippen LogP contribution in [0.3, 0.4) is 0 Å². The minimum Gasteiger partial charge on any atom is -0.505 e. The molecule has 0 bridgehead atoms. The van der Waals surface area contributed by atoms with Crippen molar-refractivity contribution in [1.29, 1.82) is 0 Å². The van der Waals surface area contributed by atoms with Gasteiger partial charge < -0.3 is 5.11 Å². The summed E-state index contributed by atoms with van der Waals surface area (Å²) in [7, 11) is 0. The molecule has 0 amide bonds. The normalized spacial score (nSPS) is 11.2. The topological polar surface area (TPSA) is 45.0 Å². The van der Waals surface area contributed by atoms with Crippen LogP contribution < -0.4 is 0 Å². The molecule has 0 aliphatic carbocycles. The molecule has 19 heavy (non-hydrogen) atoms. The zero-order chi connectivity index (χ0) is 14.0. The van der Waals surface area contributed by atoms with Crippen molar-refractivity contribution in [2.45, 2.75) is 0 Å². The Morgan fingerprint density at radius 2 is 1.68 bits per heavy atom. The highest BCUT2D eigenvalue weighted by atomic mass is 79.9. The van der Waals surface area contributed by atoms with Crippen LogP contribution in [0, 0.1) is 0 Å². The molecule has 0 aliphatic heterocycles. The summed E-state index contributed by atoms with van der Waals surface area (Å²) in [4.78, 5) is 0. The van der Waals surface area contributed by atoms with Crippen LogP contribution in [0.25, 0.3) is 0 Å². The highest BCUT2D eigenvalue weighted by Gasteiger charge is 2.06. The van der Waals surface area contributed by atoms with Crippen LogP contribution in [-0.4, -0.2) is 5.11 Å². The van der Waals surface area contributed by atoms with E-state index < -0.39 is 0 Å². The van der Waals surface area contributed by atoms with Gasteiger partial charge >= 0.3 is 0 Å². The number of hydrogen-bond acceptors (Lipinski definition) is 3. The lowest BCUT2D eigenvalue weighted by Gasteiger charge is -2.02. The third-order valence-electron chi connectivity index (χ3n) is 2.18. The van der Waals surface area contributed by atoms with E-state index in [0.29, 0.717) is 20.9 Å². The summed E-state index contributed by atoms with van der Waals surface area (Å²) in [5.74, 6) is 0.0372. The van der Waals surface area contributed by atoms with Crippen molar-refractivity contribution in [3.8, 4) is 5.75 Å². The second kappa shape index (κ2) is 6.35. The Labute approximate surface area is 140 Å². The van der Waals surface area contributed by atoms with Gasteiger partial charge in [0.25, 0.3) is 0 Å². The molecule has 0 spiro atoms. The third-order valence-corrected chi connectivity index (χ3v) is 4.48. The van der Waals surface area contributed by atoms with E-state index in [1.165, 1.54) is 0 Å². The summed E-state index contributed by atoms with van der Waals surface area (Å²) in [6.07, 6.45) is 0. The largest absolute Gasteiger partial charge is 0.505 e. The van der Waals surface area contributed by atoms with E-state index in [1.807, 2.05) is 0 Å². The Morgan fingerprint density at radius 1 is 0.947 bits per heavy atom. The van der Waals surface area contributed by atoms with Crippen LogP contribution in [0.1, 0.15) is 0 Å². The molecule has 0 unspecified atom stereocenters. The first-order chi connectivity index (χ1) is 8.97. The van der Waals surface area contributed by atoms with Gasteiger partial charge in [0.1, 0.15) is 5.69 Å². The molecule has 2 aromatic rings. The molecule has 0 radical (unpaired) electrons. The van der Waals surface area contributed by atoms with E-state index in [0.717, 1.165) is 8.95 Å². The van der Waals surface area contributed by atoms with E-state index >= 15 is 0 Å². The maximum Gasteiger partial charge on any atom is 0.157 e. The molecule has 0 saturated carbocycles. The van der Waals surface area contributed by atoms with Crippen molar-refractivity contribution in [2.75, 3.05) is 0 Å². The first kappa shape index (κ1) is 15.0. The Kier molecular flexibility index (Phi) is 5.00. The average molecular weight is 469 g/mol. The maximum atomic E-state index is 9.84. The van der Waals surface area contributed by atoms with Gasteiger partial charge in [-0.05, 0) is 62.2 Å². The highest BCUT2D eigenvalue weighted by molar-refractivity contribution is 9.11. The molecule has 1 N–H and O–H groups in total. The number of nitrogens with zero attached hydrogens (tertiary/aromatic N) is 2. The highest BCUT2D eigenvalue weighted by Crippen LogP contribution is 2.38. The van der Waals surface area contributed by atoms with Crippen molar-refractivity contribution >= 4 is 70.8 Å². The standard InChI is InChI=1S/C12H6Br3ClN2O/c13-6-3-9(15)12(19)11(4-6)18-17-7-1-2-8(14)10(16)5-7/h1-5,19H. The lowest BCUT2D eigenvalue weighted by molar-refractivity contribution is 0.473. The Balaban J connectivity index is 2.35. The fourth-order valence-electron chi connectivity index (χ4n) is 1.29. The van der Waals surface area contributed by atoms with Crippen molar-refractivity contribution in [2.24, 2.45) is 10.2 Å². The summed E-state index contributed by atoms with van der Waals surface area (Å²) in [6, 6.07) is 8.63. The van der Waals surface area contributed by atoms with E-state index in [1.54, 1.807) is 30.3 Å². The van der Waals surface area contributed by atoms with Gasteiger partial charge in [0, 0.05) is 8.95 Å². The van der Waals surface area contributed by atoms with Crippen LogP contribution in [0.4, 0.5) is 11.4 Å². The molecule has 3 nitrogen and oxygen atoms in total. The number of benzene rings is 2. The molecule has 98 valence electrons. The maximum absolute atomic E-state index is 9.84. The average Bonchev–Trinajstić information content (AvgIpc) is 2.36. The minimum atomic E-state index is 0.0372. The van der Waals surface area contributed by atoms with Crippen molar-refractivity contribution in [3.05, 3.63) is 48.8 Å². The molecular weight excluding hydrogens is 463 g/mol. The second-order valence-electron chi connectivity index (χ2n) is 3.55. The lowest BCUT2D eigenvalue weighted by Crippen LogP contribution is -1.73. The predicted octanol–water partition coefficient (Wildman–Crippen LogP) is 6.75. The summed E-state index contributed by atoms with van der Waals surface area (Å²) >= 11 is 15.8. The Hall–Kier alpha value is -0.430. The Bertz CT molecular complexity index is 662. The minimum absolute atomic E-state index is 0.0372. The number of hydrogen-bond donors (Lipinski definition) is 1. The molecule has 7 heteroatoms. The van der Waals surface area contributed by atoms with Crippen LogP contribution in [0.2, 0.25) is 5.02 Å². The van der Waals surface area contributed by atoms with Crippen LogP contribution >= 0.6 is 59.4 Å². The van der Waals surface area contributed by atoms with E-state index in [4.69, 9.17) is 11.6 Å². The number of phenolic OH excluding ortho intramolecular Hbond substituents is 1. The van der Waals surface area contributed by atoms with Crippen LogP contribution in [0.15, 0.2) is 54.0 Å². The SMILES string of the molecule is Oc1c(Br)cc(Br)cc1N=Nc1ccc(Br)c(Cl)c1. The molecule has 0 aromatic heterocycles.